The third-order valence-corrected chi connectivity index (χ3v) is 2.83. The molecule has 0 fully saturated rings. The number of aromatic nitrogens is 1. The van der Waals surface area contributed by atoms with Gasteiger partial charge in [-0.2, -0.15) is 5.26 Å². The summed E-state index contributed by atoms with van der Waals surface area (Å²) in [4.78, 5) is 6.12. The van der Waals surface area contributed by atoms with Crippen LogP contribution in [0.25, 0.3) is 0 Å². The Balaban J connectivity index is 2.13. The molecule has 1 heterocycles. The molecule has 0 amide bonds. The molecule has 0 unspecified atom stereocenters. The molecular formula is C15H15N3. The molecule has 0 radical (unpaired) electrons. The lowest BCUT2D eigenvalue weighted by molar-refractivity contribution is 0.918. The Hall–Kier alpha value is -2.34. The van der Waals surface area contributed by atoms with Crippen LogP contribution in [0.2, 0.25) is 0 Å². The maximum Gasteiger partial charge on any atom is 0.140 e. The van der Waals surface area contributed by atoms with Crippen LogP contribution in [0.3, 0.4) is 0 Å². The van der Waals surface area contributed by atoms with Crippen molar-refractivity contribution in [2.45, 2.75) is 13.5 Å². The molecule has 2 aromatic rings. The average molecular weight is 237 g/mol. The molecule has 1 aromatic carbocycles. The summed E-state index contributed by atoms with van der Waals surface area (Å²) in [5, 5.41) is 8.82. The molecule has 3 heteroatoms. The predicted molar refractivity (Wildman–Crippen MR) is 72.2 cm³/mol. The Bertz CT molecular complexity index is 567. The lowest BCUT2D eigenvalue weighted by Gasteiger charge is -2.19. The Kier molecular flexibility index (Phi) is 3.59. The van der Waals surface area contributed by atoms with Gasteiger partial charge in [0.1, 0.15) is 11.8 Å². The van der Waals surface area contributed by atoms with Crippen LogP contribution in [-0.4, -0.2) is 12.0 Å². The number of hydrogen-bond donors (Lipinski definition) is 0. The summed E-state index contributed by atoms with van der Waals surface area (Å²) in [5.41, 5.74) is 3.97. The number of pyridine rings is 1. The molecule has 0 spiro atoms. The van der Waals surface area contributed by atoms with E-state index in [2.05, 4.69) is 47.1 Å². The zero-order valence-electron chi connectivity index (χ0n) is 10.6. The van der Waals surface area contributed by atoms with Crippen LogP contribution in [0.15, 0.2) is 42.6 Å². The fourth-order valence-corrected chi connectivity index (χ4v) is 1.80. The molecule has 0 N–H and O–H groups in total. The first-order chi connectivity index (χ1) is 8.69. The van der Waals surface area contributed by atoms with Crippen LogP contribution in [0.4, 0.5) is 5.69 Å². The number of hydrogen-bond acceptors (Lipinski definition) is 3. The van der Waals surface area contributed by atoms with E-state index in [1.165, 1.54) is 5.56 Å². The first kappa shape index (κ1) is 12.1. The number of aryl methyl sites for hydroxylation is 1. The molecule has 3 nitrogen and oxygen atoms in total. The minimum absolute atomic E-state index is 0.463. The van der Waals surface area contributed by atoms with Gasteiger partial charge in [-0.15, -0.1) is 0 Å². The molecule has 18 heavy (non-hydrogen) atoms. The fraction of sp³-hybridized carbons (Fsp3) is 0.200. The van der Waals surface area contributed by atoms with Gasteiger partial charge < -0.3 is 4.90 Å². The number of anilines is 1. The van der Waals surface area contributed by atoms with Crippen LogP contribution < -0.4 is 4.90 Å². The largest absolute Gasteiger partial charge is 0.370 e. The van der Waals surface area contributed by atoms with Crippen molar-refractivity contribution >= 4 is 5.69 Å². The molecule has 1 aromatic heterocycles. The van der Waals surface area contributed by atoms with Crippen LogP contribution in [-0.2, 0) is 6.54 Å². The highest BCUT2D eigenvalue weighted by Gasteiger charge is 2.03. The summed E-state index contributed by atoms with van der Waals surface area (Å²) in [6.45, 7) is 2.84. The van der Waals surface area contributed by atoms with Gasteiger partial charge in [-0.3, -0.25) is 0 Å². The smallest absolute Gasteiger partial charge is 0.140 e. The van der Waals surface area contributed by atoms with Gasteiger partial charge in [0.05, 0.1) is 0 Å². The van der Waals surface area contributed by atoms with Gasteiger partial charge in [0.2, 0.25) is 0 Å². The zero-order chi connectivity index (χ0) is 13.0. The van der Waals surface area contributed by atoms with Gasteiger partial charge in [0.15, 0.2) is 0 Å². The third-order valence-electron chi connectivity index (χ3n) is 2.83. The maximum atomic E-state index is 8.82. The Labute approximate surface area is 107 Å². The molecule has 0 aliphatic rings. The molecular weight excluding hydrogens is 222 g/mol. The monoisotopic (exact) mass is 237 g/mol. The van der Waals surface area contributed by atoms with Crippen molar-refractivity contribution in [2.75, 3.05) is 11.9 Å². The number of benzene rings is 1. The molecule has 0 saturated carbocycles. The van der Waals surface area contributed by atoms with Crippen molar-refractivity contribution in [2.24, 2.45) is 0 Å². The molecule has 2 rings (SSSR count). The second kappa shape index (κ2) is 5.33. The molecule has 0 bridgehead atoms. The molecule has 0 atom stereocenters. The quantitative estimate of drug-likeness (QED) is 0.824. The average Bonchev–Trinajstić information content (AvgIpc) is 2.39. The normalized spacial score (nSPS) is 9.83. The number of nitrogens with zero attached hydrogens (tertiary/aromatic N) is 3. The SMILES string of the molecule is Cc1ccc(N(C)Cc2ccnc(C#N)c2)cc1. The van der Waals surface area contributed by atoms with Gasteiger partial charge in [0, 0.05) is 25.5 Å². The van der Waals surface area contributed by atoms with E-state index >= 15 is 0 Å². The van der Waals surface area contributed by atoms with Crippen molar-refractivity contribution < 1.29 is 0 Å². The first-order valence-corrected chi connectivity index (χ1v) is 5.82. The van der Waals surface area contributed by atoms with Gasteiger partial charge in [-0.05, 0) is 36.8 Å². The standard InChI is InChI=1S/C15H15N3/c1-12-3-5-15(6-4-12)18(2)11-13-7-8-17-14(9-13)10-16/h3-9H,11H2,1-2H3. The Morgan fingerprint density at radius 2 is 1.94 bits per heavy atom. The minimum atomic E-state index is 0.463. The lowest BCUT2D eigenvalue weighted by Crippen LogP contribution is -2.16. The van der Waals surface area contributed by atoms with Crippen molar-refractivity contribution in [1.29, 1.82) is 5.26 Å². The van der Waals surface area contributed by atoms with Crippen molar-refractivity contribution in [3.63, 3.8) is 0 Å². The van der Waals surface area contributed by atoms with Crippen molar-refractivity contribution in [3.05, 3.63) is 59.4 Å². The van der Waals surface area contributed by atoms with E-state index in [0.717, 1.165) is 17.8 Å². The maximum absolute atomic E-state index is 8.82. The number of nitriles is 1. The highest BCUT2D eigenvalue weighted by atomic mass is 15.1. The summed E-state index contributed by atoms with van der Waals surface area (Å²) in [6.07, 6.45) is 1.68. The fourth-order valence-electron chi connectivity index (χ4n) is 1.80. The highest BCUT2D eigenvalue weighted by molar-refractivity contribution is 5.47. The minimum Gasteiger partial charge on any atom is -0.370 e. The second-order valence-corrected chi connectivity index (χ2v) is 4.35. The van der Waals surface area contributed by atoms with E-state index in [4.69, 9.17) is 5.26 Å². The summed E-state index contributed by atoms with van der Waals surface area (Å²) in [5.74, 6) is 0. The predicted octanol–water partition coefficient (Wildman–Crippen LogP) is 2.90. The van der Waals surface area contributed by atoms with E-state index in [-0.39, 0.29) is 0 Å². The van der Waals surface area contributed by atoms with Gasteiger partial charge >= 0.3 is 0 Å². The molecule has 90 valence electrons. The van der Waals surface area contributed by atoms with E-state index in [1.807, 2.05) is 19.2 Å². The Morgan fingerprint density at radius 1 is 1.22 bits per heavy atom. The van der Waals surface area contributed by atoms with Crippen LogP contribution in [0, 0.1) is 18.3 Å². The molecule has 0 aliphatic carbocycles. The number of rotatable bonds is 3. The highest BCUT2D eigenvalue weighted by Crippen LogP contribution is 2.16. The Morgan fingerprint density at radius 3 is 2.61 bits per heavy atom. The van der Waals surface area contributed by atoms with Gasteiger partial charge in [-0.1, -0.05) is 17.7 Å². The van der Waals surface area contributed by atoms with Crippen LogP contribution in [0.5, 0.6) is 0 Å². The van der Waals surface area contributed by atoms with E-state index in [9.17, 15) is 0 Å². The summed E-state index contributed by atoms with van der Waals surface area (Å²) in [6, 6.07) is 14.2. The topological polar surface area (TPSA) is 39.9 Å². The van der Waals surface area contributed by atoms with E-state index in [1.54, 1.807) is 6.20 Å². The summed E-state index contributed by atoms with van der Waals surface area (Å²) < 4.78 is 0. The van der Waals surface area contributed by atoms with Gasteiger partial charge in [-0.25, -0.2) is 4.98 Å². The third kappa shape index (κ3) is 2.86. The summed E-state index contributed by atoms with van der Waals surface area (Å²) in [7, 11) is 2.04. The van der Waals surface area contributed by atoms with E-state index in [0.29, 0.717) is 5.69 Å². The summed E-state index contributed by atoms with van der Waals surface area (Å²) >= 11 is 0. The van der Waals surface area contributed by atoms with Crippen LogP contribution in [0.1, 0.15) is 16.8 Å². The van der Waals surface area contributed by atoms with E-state index < -0.39 is 0 Å². The molecule has 0 saturated heterocycles. The first-order valence-electron chi connectivity index (χ1n) is 5.82. The van der Waals surface area contributed by atoms with Gasteiger partial charge in [0.25, 0.3) is 0 Å². The molecule has 0 aliphatic heterocycles. The van der Waals surface area contributed by atoms with Crippen LogP contribution >= 0.6 is 0 Å². The lowest BCUT2D eigenvalue weighted by atomic mass is 10.2. The zero-order valence-corrected chi connectivity index (χ0v) is 10.6. The second-order valence-electron chi connectivity index (χ2n) is 4.35. The van der Waals surface area contributed by atoms with Crippen molar-refractivity contribution in [3.8, 4) is 6.07 Å². The van der Waals surface area contributed by atoms with Crippen molar-refractivity contribution in [1.82, 2.24) is 4.98 Å².